The molecule has 13 heteroatoms. The molecule has 6 rings (SSSR count). The van der Waals surface area contributed by atoms with Gasteiger partial charge in [0.05, 0.1) is 30.0 Å². The highest BCUT2D eigenvalue weighted by atomic mass is 16.5. The summed E-state index contributed by atoms with van der Waals surface area (Å²) in [4.78, 5) is 58.6. The number of methoxy groups -OCH3 is 1. The number of carbonyl (C=O) groups excluding carboxylic acids is 4. The average molecular weight is 781 g/mol. The summed E-state index contributed by atoms with van der Waals surface area (Å²) in [5, 5.41) is 19.2. The monoisotopic (exact) mass is 780 g/mol. The number of hydrazine groups is 1. The van der Waals surface area contributed by atoms with E-state index in [4.69, 9.17) is 14.5 Å². The molecule has 2 aromatic carbocycles. The first kappa shape index (κ1) is 41.4. The lowest BCUT2D eigenvalue weighted by atomic mass is 9.84. The number of hydrogen-bond donors (Lipinski definition) is 4. The summed E-state index contributed by atoms with van der Waals surface area (Å²) in [6.07, 6.45) is 4.84. The molecule has 57 heavy (non-hydrogen) atoms. The van der Waals surface area contributed by atoms with Crippen LogP contribution in [0.25, 0.3) is 27.6 Å². The maximum atomic E-state index is 14.3. The van der Waals surface area contributed by atoms with E-state index in [0.29, 0.717) is 37.9 Å². The van der Waals surface area contributed by atoms with E-state index in [0.717, 1.165) is 44.6 Å². The third-order valence-electron chi connectivity index (χ3n) is 11.3. The molecule has 0 radical (unpaired) electrons. The van der Waals surface area contributed by atoms with Gasteiger partial charge in [0.2, 0.25) is 11.8 Å². The minimum Gasteiger partial charge on any atom is -0.508 e. The second kappa shape index (κ2) is 17.1. The number of nitrogens with zero attached hydrogens (tertiary/aromatic N) is 3. The topological polar surface area (TPSA) is 164 Å². The van der Waals surface area contributed by atoms with Gasteiger partial charge in [-0.1, -0.05) is 38.6 Å². The molecule has 0 saturated carbocycles. The number of aryl methyl sites for hydroxylation is 1. The molecule has 3 aliphatic heterocycles. The predicted molar refractivity (Wildman–Crippen MR) is 220 cm³/mol. The van der Waals surface area contributed by atoms with Gasteiger partial charge in [-0.25, -0.2) is 5.43 Å². The van der Waals surface area contributed by atoms with Gasteiger partial charge in [-0.3, -0.25) is 29.2 Å². The van der Waals surface area contributed by atoms with E-state index in [1.807, 2.05) is 32.1 Å². The molecule has 3 amide bonds. The van der Waals surface area contributed by atoms with Crippen molar-refractivity contribution < 1.29 is 33.8 Å². The number of aromatic nitrogens is 1. The Kier molecular flexibility index (Phi) is 12.4. The standard InChI is InChI=1S/C44H56N6O7/c1-9-31(39(45-10-2)26(5)56-8)40-34-23-44(6,7)24-57-43(55)35-13-12-16-50(48-35)42(54)36(47-41(53)32-22-38(52)46-25(32)4)19-27-17-29(20-30(51)18-27)28-14-15-37(33(34)21-28)49(40)11-3/h9-10,14-15,17-18,20-21,25-26,32,35-36,48,51H,1,11-13,16,19,22-24H2,2-8H3,(H,46,52)(H,47,53)/b39-31+,45-10?/t25-,26+,32+,35+,36+/m1/s1. The van der Waals surface area contributed by atoms with Crippen LogP contribution in [0.3, 0.4) is 0 Å². The zero-order valence-corrected chi connectivity index (χ0v) is 34.1. The highest BCUT2D eigenvalue weighted by molar-refractivity contribution is 5.96. The van der Waals surface area contributed by atoms with E-state index in [2.05, 4.69) is 60.1 Å². The van der Waals surface area contributed by atoms with Gasteiger partial charge in [-0.2, -0.15) is 0 Å². The fourth-order valence-electron chi connectivity index (χ4n) is 8.37. The number of amides is 3. The van der Waals surface area contributed by atoms with Gasteiger partial charge in [-0.15, -0.1) is 0 Å². The molecule has 3 aliphatic rings. The second-order valence-electron chi connectivity index (χ2n) is 16.2. The number of esters is 1. The van der Waals surface area contributed by atoms with Crippen molar-refractivity contribution in [2.24, 2.45) is 16.3 Å². The van der Waals surface area contributed by atoms with E-state index in [1.54, 1.807) is 32.4 Å². The fourth-order valence-corrected chi connectivity index (χ4v) is 8.37. The number of nitrogens with one attached hydrogen (secondary N) is 3. The Balaban J connectivity index is 1.54. The summed E-state index contributed by atoms with van der Waals surface area (Å²) in [7, 11) is 1.65. The molecule has 13 nitrogen and oxygen atoms in total. The van der Waals surface area contributed by atoms with Crippen molar-refractivity contribution >= 4 is 46.4 Å². The van der Waals surface area contributed by atoms with Crippen molar-refractivity contribution in [1.82, 2.24) is 25.6 Å². The minimum absolute atomic E-state index is 0.00770. The number of phenolic OH excluding ortho intramolecular Hbond substituents is 1. The summed E-state index contributed by atoms with van der Waals surface area (Å²) >= 11 is 0. The Morgan fingerprint density at radius 3 is 2.61 bits per heavy atom. The number of carbonyl (C=O) groups is 4. The van der Waals surface area contributed by atoms with E-state index < -0.39 is 47.2 Å². The summed E-state index contributed by atoms with van der Waals surface area (Å²) in [5.74, 6) is -2.20. The number of hydrogen-bond acceptors (Lipinski definition) is 9. The molecule has 6 bridgehead atoms. The van der Waals surface area contributed by atoms with E-state index in [9.17, 15) is 24.3 Å². The first-order chi connectivity index (χ1) is 27.2. The van der Waals surface area contributed by atoms with Gasteiger partial charge in [-0.05, 0) is 93.5 Å². The van der Waals surface area contributed by atoms with Crippen LogP contribution < -0.4 is 16.1 Å². The predicted octanol–water partition coefficient (Wildman–Crippen LogP) is 5.23. The summed E-state index contributed by atoms with van der Waals surface area (Å²) < 4.78 is 14.1. The quantitative estimate of drug-likeness (QED) is 0.137. The molecule has 4 N–H and O–H groups in total. The van der Waals surface area contributed by atoms with E-state index in [1.165, 1.54) is 5.01 Å². The third-order valence-corrected chi connectivity index (χ3v) is 11.3. The summed E-state index contributed by atoms with van der Waals surface area (Å²) in [6, 6.07) is 9.17. The lowest BCUT2D eigenvalue weighted by molar-refractivity contribution is -0.155. The van der Waals surface area contributed by atoms with Crippen LogP contribution in [0.5, 0.6) is 5.75 Å². The average Bonchev–Trinajstić information content (AvgIpc) is 3.69. The first-order valence-electron chi connectivity index (χ1n) is 19.9. The van der Waals surface area contributed by atoms with Crippen LogP contribution in [-0.2, 0) is 48.0 Å². The molecule has 0 aliphatic carbocycles. The Morgan fingerprint density at radius 2 is 1.95 bits per heavy atom. The van der Waals surface area contributed by atoms with Crippen molar-refractivity contribution in [1.29, 1.82) is 0 Å². The second-order valence-corrected chi connectivity index (χ2v) is 16.2. The Morgan fingerprint density at radius 1 is 1.18 bits per heavy atom. The van der Waals surface area contributed by atoms with Crippen molar-refractivity contribution in [3.05, 3.63) is 71.6 Å². The molecule has 304 valence electrons. The number of rotatable bonds is 8. The zero-order valence-electron chi connectivity index (χ0n) is 34.1. The van der Waals surface area contributed by atoms with Gasteiger partial charge < -0.3 is 29.8 Å². The van der Waals surface area contributed by atoms with Crippen LogP contribution in [0.4, 0.5) is 0 Å². The van der Waals surface area contributed by atoms with Gasteiger partial charge in [0.25, 0.3) is 5.91 Å². The summed E-state index contributed by atoms with van der Waals surface area (Å²) in [5.41, 5.74) is 9.28. The van der Waals surface area contributed by atoms with Crippen LogP contribution in [0.15, 0.2) is 59.7 Å². The Hall–Kier alpha value is -5.27. The molecule has 0 unspecified atom stereocenters. The SMILES string of the molecule is C=C/C(=C(\N=CC)[C@H](C)OC)c1c2c3cc(ccc3n1CC)-c1cc(O)cc(c1)C[C@H](NC(=O)[C@H]1CC(=O)N[C@@H]1C)C(=O)N1CCC[C@H](N1)C(=O)OCC(C)(C)C2. The number of benzene rings is 2. The lowest BCUT2D eigenvalue weighted by Gasteiger charge is -2.36. The molecule has 1 aromatic heterocycles. The maximum absolute atomic E-state index is 14.3. The van der Waals surface area contributed by atoms with Crippen LogP contribution >= 0.6 is 0 Å². The highest BCUT2D eigenvalue weighted by Gasteiger charge is 2.39. The smallest absolute Gasteiger partial charge is 0.324 e. The van der Waals surface area contributed by atoms with Gasteiger partial charge in [0, 0.05) is 67.2 Å². The van der Waals surface area contributed by atoms with Crippen molar-refractivity contribution in [3.63, 3.8) is 0 Å². The molecule has 4 heterocycles. The lowest BCUT2D eigenvalue weighted by Crippen LogP contribution is -2.61. The molecule has 5 atom stereocenters. The number of cyclic esters (lactones) is 1. The van der Waals surface area contributed by atoms with Crippen LogP contribution in [0.2, 0.25) is 0 Å². The number of aliphatic imine (C=N–C) groups is 1. The number of allylic oxidation sites excluding steroid dienone is 2. The largest absolute Gasteiger partial charge is 0.508 e. The highest BCUT2D eigenvalue weighted by Crippen LogP contribution is 2.40. The molecular formula is C44H56N6O7. The zero-order chi connectivity index (χ0) is 41.2. The van der Waals surface area contributed by atoms with Crippen LogP contribution in [0, 0.1) is 11.3 Å². The van der Waals surface area contributed by atoms with Crippen molar-refractivity contribution in [2.75, 3.05) is 20.3 Å². The Labute approximate surface area is 334 Å². The Bertz CT molecular complexity index is 2130. The van der Waals surface area contributed by atoms with Crippen LogP contribution in [0.1, 0.15) is 77.6 Å². The maximum Gasteiger partial charge on any atom is 0.324 e. The number of phenols is 1. The number of fused-ring (bicyclic) bond motifs is 6. The van der Waals surface area contributed by atoms with E-state index >= 15 is 0 Å². The molecule has 2 fully saturated rings. The van der Waals surface area contributed by atoms with Gasteiger partial charge in [0.15, 0.2) is 0 Å². The van der Waals surface area contributed by atoms with E-state index in [-0.39, 0.29) is 37.2 Å². The van der Waals surface area contributed by atoms with Gasteiger partial charge >= 0.3 is 5.97 Å². The van der Waals surface area contributed by atoms with Crippen molar-refractivity contribution in [3.8, 4) is 16.9 Å². The summed E-state index contributed by atoms with van der Waals surface area (Å²) in [6.45, 7) is 17.1. The molecule has 2 saturated heterocycles. The van der Waals surface area contributed by atoms with Gasteiger partial charge in [0.1, 0.15) is 17.8 Å². The molecular weight excluding hydrogens is 725 g/mol. The van der Waals surface area contributed by atoms with Crippen LogP contribution in [-0.4, -0.2) is 89.1 Å². The number of ether oxygens (including phenoxy) is 2. The molecule has 3 aromatic rings. The fraction of sp³-hybridized carbons (Fsp3) is 0.477. The number of aromatic hydroxyl groups is 1. The molecule has 0 spiro atoms. The normalized spacial score (nSPS) is 23.8. The van der Waals surface area contributed by atoms with Crippen molar-refractivity contribution in [2.45, 2.75) is 104 Å². The third kappa shape index (κ3) is 8.69. The minimum atomic E-state index is -1.07. The first-order valence-corrected chi connectivity index (χ1v) is 19.9.